The Morgan fingerprint density at radius 3 is 2.31 bits per heavy atom. The Bertz CT molecular complexity index is 328. The first kappa shape index (κ1) is 9.64. The van der Waals surface area contributed by atoms with Gasteiger partial charge in [0.2, 0.25) is 0 Å². The van der Waals surface area contributed by atoms with Crippen molar-refractivity contribution >= 4 is 6.08 Å². The van der Waals surface area contributed by atoms with E-state index in [2.05, 4.69) is 6.58 Å². The summed E-state index contributed by atoms with van der Waals surface area (Å²) in [7, 11) is 0. The van der Waals surface area contributed by atoms with Crippen LogP contribution in [0.2, 0.25) is 0 Å². The van der Waals surface area contributed by atoms with E-state index in [0.717, 1.165) is 18.2 Å². The third kappa shape index (κ3) is 1.83. The van der Waals surface area contributed by atoms with Crippen molar-refractivity contribution in [3.63, 3.8) is 0 Å². The first-order valence-electron chi connectivity index (χ1n) is 3.48. The van der Waals surface area contributed by atoms with Gasteiger partial charge in [-0.3, -0.25) is 0 Å². The SMILES string of the molecule is C=Cc1c(O)cccc1C(F)(F)F. The summed E-state index contributed by atoms with van der Waals surface area (Å²) in [5.41, 5.74) is -1.16. The molecule has 0 atom stereocenters. The molecular weight excluding hydrogens is 181 g/mol. The number of phenols is 1. The van der Waals surface area contributed by atoms with Gasteiger partial charge in [0, 0.05) is 5.56 Å². The number of alkyl halides is 3. The Labute approximate surface area is 73.1 Å². The minimum absolute atomic E-state index is 0.282. The van der Waals surface area contributed by atoms with Crippen molar-refractivity contribution in [2.45, 2.75) is 6.18 Å². The quantitative estimate of drug-likeness (QED) is 0.718. The lowest BCUT2D eigenvalue weighted by Gasteiger charge is -2.10. The second kappa shape index (κ2) is 3.12. The summed E-state index contributed by atoms with van der Waals surface area (Å²) in [6.07, 6.45) is -3.47. The van der Waals surface area contributed by atoms with Gasteiger partial charge in [0.15, 0.2) is 0 Å². The molecule has 0 saturated carbocycles. The van der Waals surface area contributed by atoms with E-state index in [1.165, 1.54) is 6.07 Å². The normalized spacial score (nSPS) is 11.3. The van der Waals surface area contributed by atoms with Crippen LogP contribution in [0.5, 0.6) is 5.75 Å². The Morgan fingerprint density at radius 1 is 1.31 bits per heavy atom. The Balaban J connectivity index is 3.37. The van der Waals surface area contributed by atoms with E-state index in [4.69, 9.17) is 5.11 Å². The molecule has 0 unspecified atom stereocenters. The van der Waals surface area contributed by atoms with Gasteiger partial charge in [0.1, 0.15) is 5.75 Å². The molecule has 1 nitrogen and oxygen atoms in total. The van der Waals surface area contributed by atoms with Crippen LogP contribution in [0.15, 0.2) is 24.8 Å². The summed E-state index contributed by atoms with van der Waals surface area (Å²) in [5.74, 6) is -0.412. The highest BCUT2D eigenvalue weighted by atomic mass is 19.4. The lowest BCUT2D eigenvalue weighted by molar-refractivity contribution is -0.137. The zero-order chi connectivity index (χ0) is 10.1. The Kier molecular flexibility index (Phi) is 2.32. The molecule has 0 aliphatic rings. The number of aromatic hydroxyl groups is 1. The molecule has 1 N–H and O–H groups in total. The molecule has 1 aromatic rings. The van der Waals surface area contributed by atoms with Crippen LogP contribution in [-0.2, 0) is 6.18 Å². The lowest BCUT2D eigenvalue weighted by atomic mass is 10.1. The van der Waals surface area contributed by atoms with Gasteiger partial charge in [-0.15, -0.1) is 0 Å². The minimum Gasteiger partial charge on any atom is -0.507 e. The summed E-state index contributed by atoms with van der Waals surface area (Å²) in [4.78, 5) is 0. The van der Waals surface area contributed by atoms with Crippen LogP contribution in [0.3, 0.4) is 0 Å². The van der Waals surface area contributed by atoms with Crippen molar-refractivity contribution in [2.75, 3.05) is 0 Å². The first-order valence-corrected chi connectivity index (χ1v) is 3.48. The molecule has 0 heterocycles. The maximum absolute atomic E-state index is 12.3. The van der Waals surface area contributed by atoms with Gasteiger partial charge in [-0.05, 0) is 12.1 Å². The molecule has 0 bridgehead atoms. The van der Waals surface area contributed by atoms with Crippen LogP contribution < -0.4 is 0 Å². The average molecular weight is 188 g/mol. The van der Waals surface area contributed by atoms with Crippen molar-refractivity contribution < 1.29 is 18.3 Å². The number of rotatable bonds is 1. The second-order valence-corrected chi connectivity index (χ2v) is 2.44. The number of hydrogen-bond donors (Lipinski definition) is 1. The van der Waals surface area contributed by atoms with E-state index in [1.807, 2.05) is 0 Å². The lowest BCUT2D eigenvalue weighted by Crippen LogP contribution is -2.06. The van der Waals surface area contributed by atoms with Crippen molar-refractivity contribution in [2.24, 2.45) is 0 Å². The van der Waals surface area contributed by atoms with E-state index < -0.39 is 17.5 Å². The maximum Gasteiger partial charge on any atom is 0.417 e. The van der Waals surface area contributed by atoms with Gasteiger partial charge in [-0.1, -0.05) is 18.7 Å². The van der Waals surface area contributed by atoms with Crippen LogP contribution in [0.1, 0.15) is 11.1 Å². The van der Waals surface area contributed by atoms with E-state index in [0.29, 0.717) is 0 Å². The van der Waals surface area contributed by atoms with Gasteiger partial charge >= 0.3 is 6.18 Å². The fourth-order valence-electron chi connectivity index (χ4n) is 1.01. The standard InChI is InChI=1S/C9H7F3O/c1-2-6-7(9(10,11)12)4-3-5-8(6)13/h2-5,13H,1H2. The molecule has 1 rings (SSSR count). The molecule has 70 valence electrons. The van der Waals surface area contributed by atoms with Crippen LogP contribution in [0.25, 0.3) is 6.08 Å². The summed E-state index contributed by atoms with van der Waals surface area (Å²) in [6, 6.07) is 3.23. The van der Waals surface area contributed by atoms with E-state index >= 15 is 0 Å². The molecule has 0 aliphatic carbocycles. The molecule has 13 heavy (non-hydrogen) atoms. The summed E-state index contributed by atoms with van der Waals surface area (Å²) < 4.78 is 36.8. The van der Waals surface area contributed by atoms with Crippen molar-refractivity contribution in [3.05, 3.63) is 35.9 Å². The first-order chi connectivity index (χ1) is 5.96. The molecule has 0 fully saturated rings. The van der Waals surface area contributed by atoms with Crippen molar-refractivity contribution in [3.8, 4) is 5.75 Å². The molecular formula is C9H7F3O. The highest BCUT2D eigenvalue weighted by Crippen LogP contribution is 2.35. The maximum atomic E-state index is 12.3. The van der Waals surface area contributed by atoms with E-state index in [9.17, 15) is 13.2 Å². The molecule has 0 spiro atoms. The van der Waals surface area contributed by atoms with Gasteiger partial charge in [-0.25, -0.2) is 0 Å². The van der Waals surface area contributed by atoms with E-state index in [-0.39, 0.29) is 5.56 Å². The minimum atomic E-state index is -4.46. The van der Waals surface area contributed by atoms with Crippen LogP contribution in [0, 0.1) is 0 Å². The molecule has 1 aromatic carbocycles. The van der Waals surface area contributed by atoms with E-state index in [1.54, 1.807) is 0 Å². The molecule has 0 aliphatic heterocycles. The molecule has 0 saturated heterocycles. The molecule has 0 amide bonds. The summed E-state index contributed by atoms with van der Waals surface area (Å²) in [6.45, 7) is 3.21. The zero-order valence-corrected chi connectivity index (χ0v) is 6.60. The topological polar surface area (TPSA) is 20.2 Å². The number of benzene rings is 1. The van der Waals surface area contributed by atoms with Crippen LogP contribution >= 0.6 is 0 Å². The van der Waals surface area contributed by atoms with Gasteiger partial charge in [0.25, 0.3) is 0 Å². The zero-order valence-electron chi connectivity index (χ0n) is 6.60. The number of phenolic OH excluding ortho intramolecular Hbond substituents is 1. The van der Waals surface area contributed by atoms with Crippen LogP contribution in [0.4, 0.5) is 13.2 Å². The Morgan fingerprint density at radius 2 is 1.92 bits per heavy atom. The highest BCUT2D eigenvalue weighted by Gasteiger charge is 2.33. The average Bonchev–Trinajstić information content (AvgIpc) is 2.02. The molecule has 4 heteroatoms. The fourth-order valence-corrected chi connectivity index (χ4v) is 1.01. The molecule has 0 radical (unpaired) electrons. The molecule has 0 aromatic heterocycles. The van der Waals surface area contributed by atoms with Gasteiger partial charge in [0.05, 0.1) is 5.56 Å². The fraction of sp³-hybridized carbons (Fsp3) is 0.111. The monoisotopic (exact) mass is 188 g/mol. The number of halogens is 3. The van der Waals surface area contributed by atoms with Gasteiger partial charge in [-0.2, -0.15) is 13.2 Å². The Hall–Kier alpha value is -1.45. The van der Waals surface area contributed by atoms with Crippen LogP contribution in [-0.4, -0.2) is 5.11 Å². The summed E-state index contributed by atoms with van der Waals surface area (Å²) >= 11 is 0. The van der Waals surface area contributed by atoms with Crippen molar-refractivity contribution in [1.82, 2.24) is 0 Å². The third-order valence-corrected chi connectivity index (χ3v) is 1.59. The summed E-state index contributed by atoms with van der Waals surface area (Å²) in [5, 5.41) is 9.08. The second-order valence-electron chi connectivity index (χ2n) is 2.44. The largest absolute Gasteiger partial charge is 0.507 e. The highest BCUT2D eigenvalue weighted by molar-refractivity contribution is 5.60. The smallest absolute Gasteiger partial charge is 0.417 e. The van der Waals surface area contributed by atoms with Crippen molar-refractivity contribution in [1.29, 1.82) is 0 Å². The number of hydrogen-bond acceptors (Lipinski definition) is 1. The predicted octanol–water partition coefficient (Wildman–Crippen LogP) is 3.05. The van der Waals surface area contributed by atoms with Gasteiger partial charge < -0.3 is 5.11 Å². The predicted molar refractivity (Wildman–Crippen MR) is 43.2 cm³/mol. The third-order valence-electron chi connectivity index (χ3n) is 1.59.